The van der Waals surface area contributed by atoms with Gasteiger partial charge in [0.25, 0.3) is 0 Å². The van der Waals surface area contributed by atoms with Gasteiger partial charge in [-0.25, -0.2) is 0 Å². The number of carbonyl (C=O) groups is 4. The number of ether oxygens (including phenoxy) is 7. The van der Waals surface area contributed by atoms with Crippen molar-refractivity contribution in [2.75, 3.05) is 13.2 Å². The highest BCUT2D eigenvalue weighted by atomic mass is 16.8. The Morgan fingerprint density at radius 1 is 0.657 bits per heavy atom. The lowest BCUT2D eigenvalue weighted by atomic mass is 9.97. The second-order valence-electron chi connectivity index (χ2n) is 7.90. The molecule has 35 heavy (non-hydrogen) atoms. The van der Waals surface area contributed by atoms with Gasteiger partial charge in [0.1, 0.15) is 37.1 Å². The Morgan fingerprint density at radius 3 is 1.69 bits per heavy atom. The Kier molecular flexibility index (Phi) is 10.3. The predicted molar refractivity (Wildman–Crippen MR) is 107 cm³/mol. The van der Waals surface area contributed by atoms with Gasteiger partial charge in [-0.2, -0.15) is 0 Å². The summed E-state index contributed by atoms with van der Waals surface area (Å²) in [6, 6.07) is 0. The monoisotopic (exact) mass is 510 g/mol. The minimum atomic E-state index is -1.85. The fraction of sp³-hybridized carbons (Fsp3) is 0.800. The summed E-state index contributed by atoms with van der Waals surface area (Å²) < 4.78 is 37.2. The summed E-state index contributed by atoms with van der Waals surface area (Å²) >= 11 is 0. The van der Waals surface area contributed by atoms with E-state index in [0.29, 0.717) is 0 Å². The van der Waals surface area contributed by atoms with Crippen LogP contribution in [0.1, 0.15) is 27.7 Å². The van der Waals surface area contributed by atoms with Gasteiger partial charge in [0.05, 0.1) is 6.61 Å². The highest BCUT2D eigenvalue weighted by Gasteiger charge is 2.55. The Bertz CT molecular complexity index is 770. The fourth-order valence-corrected chi connectivity index (χ4v) is 3.61. The molecule has 15 nitrogen and oxygen atoms in total. The van der Waals surface area contributed by atoms with Gasteiger partial charge in [-0.15, -0.1) is 0 Å². The number of hydrogen-bond donors (Lipinski definition) is 4. The summed E-state index contributed by atoms with van der Waals surface area (Å²) in [7, 11) is 0. The van der Waals surface area contributed by atoms with E-state index in [0.717, 1.165) is 27.7 Å². The highest BCUT2D eigenvalue weighted by Crippen LogP contribution is 2.32. The zero-order chi connectivity index (χ0) is 26.4. The van der Waals surface area contributed by atoms with Crippen molar-refractivity contribution in [1.29, 1.82) is 0 Å². The van der Waals surface area contributed by atoms with Crippen molar-refractivity contribution in [1.82, 2.24) is 0 Å². The van der Waals surface area contributed by atoms with E-state index in [1.807, 2.05) is 0 Å². The van der Waals surface area contributed by atoms with Crippen molar-refractivity contribution in [3.63, 3.8) is 0 Å². The minimum Gasteiger partial charge on any atom is -0.463 e. The molecule has 0 bridgehead atoms. The van der Waals surface area contributed by atoms with Crippen LogP contribution in [0.4, 0.5) is 0 Å². The third kappa shape index (κ3) is 7.54. The maximum absolute atomic E-state index is 11.8. The molecule has 0 aromatic carbocycles. The van der Waals surface area contributed by atoms with Crippen LogP contribution in [0.15, 0.2) is 0 Å². The normalized spacial score (nSPS) is 37.1. The summed E-state index contributed by atoms with van der Waals surface area (Å²) in [6.45, 7) is 2.98. The Hall–Kier alpha value is -2.40. The molecule has 0 radical (unpaired) electrons. The largest absolute Gasteiger partial charge is 0.463 e. The first kappa shape index (κ1) is 28.8. The van der Waals surface area contributed by atoms with Gasteiger partial charge >= 0.3 is 23.9 Å². The van der Waals surface area contributed by atoms with E-state index in [4.69, 9.17) is 33.2 Å². The Labute approximate surface area is 199 Å². The van der Waals surface area contributed by atoms with Gasteiger partial charge in [0.15, 0.2) is 24.6 Å². The molecule has 0 amide bonds. The molecule has 2 aliphatic heterocycles. The highest BCUT2D eigenvalue weighted by molar-refractivity contribution is 5.68. The quantitative estimate of drug-likeness (QED) is 0.188. The third-order valence-electron chi connectivity index (χ3n) is 5.06. The molecular weight excluding hydrogens is 480 g/mol. The molecule has 0 spiro atoms. The van der Waals surface area contributed by atoms with Gasteiger partial charge < -0.3 is 53.6 Å². The molecular formula is C20H30O15. The van der Waals surface area contributed by atoms with Crippen LogP contribution in [0.2, 0.25) is 0 Å². The summed E-state index contributed by atoms with van der Waals surface area (Å²) in [5.41, 5.74) is 0. The lowest BCUT2D eigenvalue weighted by molar-refractivity contribution is -0.377. The van der Waals surface area contributed by atoms with Crippen LogP contribution in [0, 0.1) is 0 Å². The van der Waals surface area contributed by atoms with E-state index in [2.05, 4.69) is 0 Å². The molecule has 2 fully saturated rings. The van der Waals surface area contributed by atoms with Gasteiger partial charge in [-0.1, -0.05) is 0 Å². The molecule has 15 heteroatoms. The minimum absolute atomic E-state index is 0.508. The second kappa shape index (κ2) is 12.5. The molecule has 0 aromatic rings. The van der Waals surface area contributed by atoms with E-state index in [9.17, 15) is 39.6 Å². The zero-order valence-electron chi connectivity index (χ0n) is 19.5. The number of esters is 4. The van der Waals surface area contributed by atoms with Crippen LogP contribution >= 0.6 is 0 Å². The molecule has 0 aromatic heterocycles. The number of carbonyl (C=O) groups excluding carboxylic acids is 4. The first-order valence-electron chi connectivity index (χ1n) is 10.6. The third-order valence-corrected chi connectivity index (χ3v) is 5.06. The topological polar surface area (TPSA) is 214 Å². The molecule has 0 aliphatic carbocycles. The first-order chi connectivity index (χ1) is 16.3. The smallest absolute Gasteiger partial charge is 0.303 e. The lowest BCUT2D eigenvalue weighted by Gasteiger charge is -2.46. The predicted octanol–water partition coefficient (Wildman–Crippen LogP) is -3.11. The number of aliphatic hydroxyl groups excluding tert-OH is 4. The first-order valence-corrected chi connectivity index (χ1v) is 10.6. The van der Waals surface area contributed by atoms with Crippen molar-refractivity contribution < 1.29 is 72.8 Å². The van der Waals surface area contributed by atoms with E-state index in [-0.39, 0.29) is 0 Å². The fourth-order valence-electron chi connectivity index (χ4n) is 3.61. The van der Waals surface area contributed by atoms with Gasteiger partial charge in [-0.3, -0.25) is 19.2 Å². The number of hydrogen-bond acceptors (Lipinski definition) is 15. The lowest BCUT2D eigenvalue weighted by Crippen LogP contribution is -2.65. The van der Waals surface area contributed by atoms with Crippen molar-refractivity contribution in [3.05, 3.63) is 0 Å². The average molecular weight is 510 g/mol. The van der Waals surface area contributed by atoms with Crippen LogP contribution in [0.5, 0.6) is 0 Å². The van der Waals surface area contributed by atoms with Crippen molar-refractivity contribution in [2.45, 2.75) is 89.1 Å². The van der Waals surface area contributed by atoms with Crippen molar-refractivity contribution in [2.24, 2.45) is 0 Å². The zero-order valence-corrected chi connectivity index (χ0v) is 19.5. The van der Waals surface area contributed by atoms with Gasteiger partial charge in [0.2, 0.25) is 6.29 Å². The maximum Gasteiger partial charge on any atom is 0.303 e. The molecule has 2 aliphatic rings. The molecule has 10 atom stereocenters. The van der Waals surface area contributed by atoms with E-state index in [1.165, 1.54) is 0 Å². The summed E-state index contributed by atoms with van der Waals surface area (Å²) in [4.78, 5) is 46.8. The summed E-state index contributed by atoms with van der Waals surface area (Å²) in [5.74, 6) is -3.27. The Balaban J connectivity index is 2.43. The Morgan fingerprint density at radius 2 is 1.17 bits per heavy atom. The van der Waals surface area contributed by atoms with E-state index >= 15 is 0 Å². The molecule has 4 N–H and O–H groups in total. The molecule has 200 valence electrons. The van der Waals surface area contributed by atoms with Crippen molar-refractivity contribution in [3.8, 4) is 0 Å². The van der Waals surface area contributed by atoms with Gasteiger partial charge in [0, 0.05) is 27.7 Å². The van der Waals surface area contributed by atoms with Crippen LogP contribution in [0.3, 0.4) is 0 Å². The van der Waals surface area contributed by atoms with Gasteiger partial charge in [-0.05, 0) is 0 Å². The van der Waals surface area contributed by atoms with Crippen LogP contribution in [0.25, 0.3) is 0 Å². The second-order valence-corrected chi connectivity index (χ2v) is 7.90. The standard InChI is InChI=1S/C20H30O15/c1-7(22)29-6-12-16(30-8(2)23)17(31-9(3)24)18(32-10(4)25)20(34-12)35-19-15(28)14(27)13(26)11(5-21)33-19/h11-21,26-28H,5-6H2,1-4H3/t11-,12-,13-,14+,15-,16-,17+,18-,19+,20+/m1/s1. The van der Waals surface area contributed by atoms with E-state index in [1.54, 1.807) is 0 Å². The molecule has 2 rings (SSSR count). The molecule has 2 heterocycles. The number of aliphatic hydroxyl groups is 4. The van der Waals surface area contributed by atoms with Crippen LogP contribution < -0.4 is 0 Å². The van der Waals surface area contributed by atoms with E-state index < -0.39 is 98.5 Å². The van der Waals surface area contributed by atoms with Crippen molar-refractivity contribution >= 4 is 23.9 Å². The molecule has 0 saturated carbocycles. The summed E-state index contributed by atoms with van der Waals surface area (Å²) in [6.07, 6.45) is -15.9. The number of rotatable bonds is 8. The molecule has 2 saturated heterocycles. The molecule has 0 unspecified atom stereocenters. The SMILES string of the molecule is CC(=O)OC[C@H]1O[C@@H](O[C@@H]2O[C@H](CO)[C@@H](O)[C@H](O)[C@H]2O)[C@H](OC(C)=O)[C@@H](OC(C)=O)[C@@H]1OC(C)=O. The average Bonchev–Trinajstić information content (AvgIpc) is 2.75. The summed E-state index contributed by atoms with van der Waals surface area (Å²) in [5, 5.41) is 39.7. The van der Waals surface area contributed by atoms with Crippen LogP contribution in [-0.4, -0.2) is 119 Å². The maximum atomic E-state index is 11.8. The van der Waals surface area contributed by atoms with Crippen LogP contribution in [-0.2, 0) is 52.3 Å².